The van der Waals surface area contributed by atoms with E-state index in [9.17, 15) is 16.8 Å². The van der Waals surface area contributed by atoms with Crippen molar-refractivity contribution in [3.05, 3.63) is 34.9 Å². The number of aromatic nitrogens is 4. The Bertz CT molecular complexity index is 841. The third kappa shape index (κ3) is 6.43. The summed E-state index contributed by atoms with van der Waals surface area (Å²) in [7, 11) is -2.52. The average Bonchev–Trinajstić information content (AvgIpc) is 2.35. The molecule has 132 valence electrons. The number of aryl methyl sites for hydroxylation is 4. The van der Waals surface area contributed by atoms with E-state index < -0.39 is 19.1 Å². The van der Waals surface area contributed by atoms with Crippen molar-refractivity contribution in [1.82, 2.24) is 19.9 Å². The van der Waals surface area contributed by atoms with Crippen molar-refractivity contribution < 1.29 is 16.8 Å². The minimum absolute atomic E-state index is 0.319. The van der Waals surface area contributed by atoms with E-state index >= 15 is 0 Å². The fourth-order valence-electron chi connectivity index (χ4n) is 1.62. The maximum atomic E-state index is 10.8. The molecule has 2 heterocycles. The molecule has 12 heteroatoms. The van der Waals surface area contributed by atoms with Gasteiger partial charge >= 0.3 is 0 Å². The highest BCUT2D eigenvalue weighted by Crippen LogP contribution is 2.10. The lowest BCUT2D eigenvalue weighted by molar-refractivity contribution is 0.587. The molecule has 0 bridgehead atoms. The smallest absolute Gasteiger partial charge is 0.223 e. The molecule has 24 heavy (non-hydrogen) atoms. The van der Waals surface area contributed by atoms with Crippen LogP contribution in [0.4, 0.5) is 0 Å². The van der Waals surface area contributed by atoms with E-state index in [-0.39, 0.29) is 10.3 Å². The Morgan fingerprint density at radius 1 is 0.750 bits per heavy atom. The van der Waals surface area contributed by atoms with Crippen LogP contribution in [0.1, 0.15) is 22.8 Å². The minimum Gasteiger partial charge on any atom is -0.223 e. The lowest BCUT2D eigenvalue weighted by Crippen LogP contribution is -2.16. The highest BCUT2D eigenvalue weighted by atomic mass is 35.7. The first-order chi connectivity index (χ1) is 10.8. The number of hydrogen-bond donors (Lipinski definition) is 1. The summed E-state index contributed by atoms with van der Waals surface area (Å²) in [6.45, 7) is 6.73. The SMILES string of the molecule is Cc1cc(C)nc(S(=O)(=O)Cl)n1.Cc1cc(C)nc(S(N)(=O)=O)n1. The molecule has 0 fully saturated rings. The van der Waals surface area contributed by atoms with Crippen molar-refractivity contribution in [1.29, 1.82) is 0 Å². The van der Waals surface area contributed by atoms with Crippen LogP contribution < -0.4 is 5.14 Å². The van der Waals surface area contributed by atoms with Gasteiger partial charge in [0.1, 0.15) is 0 Å². The molecule has 0 amide bonds. The molecule has 0 aromatic carbocycles. The van der Waals surface area contributed by atoms with Crippen molar-refractivity contribution in [2.24, 2.45) is 5.14 Å². The standard InChI is InChI=1S/C6H7ClN2O2S.C6H9N3O2S/c2*1-4-3-5(2)9-6(8-4)12(7,10)11/h3H,1-2H3;3H,1-2H3,(H2,7,10,11). The molecule has 0 spiro atoms. The van der Waals surface area contributed by atoms with Crippen LogP contribution in [-0.2, 0) is 19.1 Å². The van der Waals surface area contributed by atoms with Crippen molar-refractivity contribution in [2.75, 3.05) is 0 Å². The van der Waals surface area contributed by atoms with Crippen LogP contribution in [-0.4, -0.2) is 36.8 Å². The van der Waals surface area contributed by atoms with Crippen LogP contribution >= 0.6 is 10.7 Å². The molecule has 2 aromatic heterocycles. The lowest BCUT2D eigenvalue weighted by atomic mass is 10.4. The summed E-state index contributed by atoms with van der Waals surface area (Å²) >= 11 is 0. The van der Waals surface area contributed by atoms with Crippen LogP contribution in [0.2, 0.25) is 0 Å². The first kappa shape index (κ1) is 20.4. The molecule has 0 saturated heterocycles. The van der Waals surface area contributed by atoms with Crippen LogP contribution in [0.25, 0.3) is 0 Å². The Balaban J connectivity index is 0.000000240. The van der Waals surface area contributed by atoms with Gasteiger partial charge in [-0.15, -0.1) is 0 Å². The van der Waals surface area contributed by atoms with E-state index in [4.69, 9.17) is 15.8 Å². The molecule has 2 rings (SSSR count). The average molecular weight is 394 g/mol. The summed E-state index contributed by atoms with van der Waals surface area (Å²) in [6, 6.07) is 3.35. The zero-order valence-corrected chi connectivity index (χ0v) is 15.7. The Morgan fingerprint density at radius 2 is 1.04 bits per heavy atom. The molecule has 0 aliphatic heterocycles. The van der Waals surface area contributed by atoms with Gasteiger partial charge in [0.15, 0.2) is 0 Å². The Labute approximate surface area is 144 Å². The highest BCUT2D eigenvalue weighted by Gasteiger charge is 2.14. The largest absolute Gasteiger partial charge is 0.296 e. The molecule has 0 aliphatic rings. The van der Waals surface area contributed by atoms with Gasteiger partial charge in [-0.1, -0.05) is 0 Å². The molecule has 0 unspecified atom stereocenters. The van der Waals surface area contributed by atoms with Crippen LogP contribution in [0.15, 0.2) is 22.4 Å². The van der Waals surface area contributed by atoms with Crippen molar-refractivity contribution >= 4 is 29.8 Å². The molecule has 0 atom stereocenters. The summed E-state index contributed by atoms with van der Waals surface area (Å²) in [5.74, 6) is 0. The third-order valence-electron chi connectivity index (χ3n) is 2.40. The monoisotopic (exact) mass is 393 g/mol. The van der Waals surface area contributed by atoms with Gasteiger partial charge in [-0.2, -0.15) is 0 Å². The third-order valence-corrected chi connectivity index (χ3v) is 4.12. The van der Waals surface area contributed by atoms with E-state index in [1.807, 2.05) is 0 Å². The molecule has 0 saturated carbocycles. The van der Waals surface area contributed by atoms with Crippen LogP contribution in [0.3, 0.4) is 0 Å². The van der Waals surface area contributed by atoms with E-state index in [0.29, 0.717) is 22.8 Å². The molecule has 9 nitrogen and oxygen atoms in total. The van der Waals surface area contributed by atoms with E-state index in [1.54, 1.807) is 39.8 Å². The molecule has 0 aliphatic carbocycles. The molecular weight excluding hydrogens is 378 g/mol. The van der Waals surface area contributed by atoms with Gasteiger partial charge in [0.25, 0.3) is 29.4 Å². The number of halogens is 1. The molecule has 2 N–H and O–H groups in total. The Hall–Kier alpha value is -1.69. The van der Waals surface area contributed by atoms with Gasteiger partial charge in [0.2, 0.25) is 0 Å². The zero-order valence-electron chi connectivity index (χ0n) is 13.3. The molecule has 0 radical (unpaired) electrons. The molecule has 2 aromatic rings. The number of nitrogens with two attached hydrogens (primary N) is 1. The molecular formula is C12H16ClN5O4S2. The fraction of sp³-hybridized carbons (Fsp3) is 0.333. The topological polar surface area (TPSA) is 146 Å². The number of primary sulfonamides is 1. The first-order valence-electron chi connectivity index (χ1n) is 6.41. The summed E-state index contributed by atoms with van der Waals surface area (Å²) in [5, 5.41) is 4.19. The van der Waals surface area contributed by atoms with Crippen molar-refractivity contribution in [3.63, 3.8) is 0 Å². The predicted octanol–water partition coefficient (Wildman–Crippen LogP) is 0.762. The van der Waals surface area contributed by atoms with Gasteiger partial charge in [0, 0.05) is 33.5 Å². The second-order valence-electron chi connectivity index (χ2n) is 4.85. The fourth-order valence-corrected chi connectivity index (χ4v) is 2.88. The van der Waals surface area contributed by atoms with Gasteiger partial charge in [-0.3, -0.25) is 0 Å². The lowest BCUT2D eigenvalue weighted by Gasteiger charge is -1.99. The quantitative estimate of drug-likeness (QED) is 0.581. The van der Waals surface area contributed by atoms with Crippen molar-refractivity contribution in [2.45, 2.75) is 38.0 Å². The second-order valence-corrected chi connectivity index (χ2v) is 8.76. The van der Waals surface area contributed by atoms with Gasteiger partial charge in [0.05, 0.1) is 0 Å². The van der Waals surface area contributed by atoms with Crippen molar-refractivity contribution in [3.8, 4) is 0 Å². The summed E-state index contributed by atoms with van der Waals surface area (Å²) in [4.78, 5) is 14.7. The second kappa shape index (κ2) is 7.47. The summed E-state index contributed by atoms with van der Waals surface area (Å²) < 4.78 is 43.1. The number of hydrogen-bond acceptors (Lipinski definition) is 8. The van der Waals surface area contributed by atoms with Gasteiger partial charge in [-0.05, 0) is 39.8 Å². The predicted molar refractivity (Wildman–Crippen MR) is 87.4 cm³/mol. The maximum absolute atomic E-state index is 10.8. The van der Waals surface area contributed by atoms with Crippen LogP contribution in [0, 0.1) is 27.7 Å². The summed E-state index contributed by atoms with van der Waals surface area (Å²) in [6.07, 6.45) is 0. The zero-order chi connectivity index (χ0) is 18.7. The minimum atomic E-state index is -3.80. The normalized spacial score (nSPS) is 11.6. The van der Waals surface area contributed by atoms with E-state index in [1.165, 1.54) is 0 Å². The maximum Gasteiger partial charge on any atom is 0.296 e. The Morgan fingerprint density at radius 3 is 1.29 bits per heavy atom. The van der Waals surface area contributed by atoms with Gasteiger partial charge < -0.3 is 0 Å². The highest BCUT2D eigenvalue weighted by molar-refractivity contribution is 8.13. The number of nitrogens with zero attached hydrogens (tertiary/aromatic N) is 4. The first-order valence-corrected chi connectivity index (χ1v) is 10.3. The van der Waals surface area contributed by atoms with E-state index in [2.05, 4.69) is 19.9 Å². The Kier molecular flexibility index (Phi) is 6.33. The summed E-state index contributed by atoms with van der Waals surface area (Å²) in [5.41, 5.74) is 2.35. The van der Waals surface area contributed by atoms with Gasteiger partial charge in [-0.25, -0.2) is 41.9 Å². The van der Waals surface area contributed by atoms with E-state index in [0.717, 1.165) is 0 Å². The number of rotatable bonds is 2. The van der Waals surface area contributed by atoms with Crippen LogP contribution in [0.5, 0.6) is 0 Å². The number of sulfonamides is 1.